The number of carbonyl (C=O) groups excluding carboxylic acids is 2. The Labute approximate surface area is 154 Å². The number of amides is 2. The van der Waals surface area contributed by atoms with Crippen LogP contribution in [0.4, 0.5) is 5.69 Å². The summed E-state index contributed by atoms with van der Waals surface area (Å²) in [6.45, 7) is 2.58. The number of hydrogen-bond acceptors (Lipinski definition) is 4. The summed E-state index contributed by atoms with van der Waals surface area (Å²) in [5.41, 5.74) is 0.813. The fraction of sp³-hybridized carbons (Fsp3) is 0.556. The molecule has 2 saturated heterocycles. The zero-order valence-corrected chi connectivity index (χ0v) is 15.3. The topological polar surface area (TPSA) is 70.7 Å². The van der Waals surface area contributed by atoms with E-state index in [0.29, 0.717) is 25.3 Å². The third kappa shape index (κ3) is 5.09. The molecule has 1 aromatic rings. The first-order valence-electron chi connectivity index (χ1n) is 8.60. The summed E-state index contributed by atoms with van der Waals surface area (Å²) in [6.07, 6.45) is 2.96. The Bertz CT molecular complexity index is 605. The second kappa shape index (κ2) is 9.06. The van der Waals surface area contributed by atoms with E-state index in [1.54, 1.807) is 12.0 Å². The highest BCUT2D eigenvalue weighted by Crippen LogP contribution is 2.25. The van der Waals surface area contributed by atoms with Gasteiger partial charge < -0.3 is 20.3 Å². The molecule has 0 saturated carbocycles. The molecule has 2 amide bonds. The van der Waals surface area contributed by atoms with Crippen LogP contribution in [0.1, 0.15) is 25.7 Å². The minimum absolute atomic E-state index is 0. The third-order valence-electron chi connectivity index (χ3n) is 4.80. The van der Waals surface area contributed by atoms with E-state index in [9.17, 15) is 9.59 Å². The SMILES string of the molecule is COc1cccc(N2CC(NC(=O)CCC3CCNC3)CC2=O)c1.Cl. The van der Waals surface area contributed by atoms with E-state index in [1.165, 1.54) is 0 Å². The maximum absolute atomic E-state index is 12.3. The van der Waals surface area contributed by atoms with Gasteiger partial charge in [0.25, 0.3) is 0 Å². The molecule has 6 nitrogen and oxygen atoms in total. The van der Waals surface area contributed by atoms with Crippen LogP contribution in [0.2, 0.25) is 0 Å². The number of rotatable bonds is 6. The molecule has 7 heteroatoms. The van der Waals surface area contributed by atoms with Gasteiger partial charge in [-0.15, -0.1) is 12.4 Å². The summed E-state index contributed by atoms with van der Waals surface area (Å²) in [4.78, 5) is 26.1. The Kier molecular flexibility index (Phi) is 7.08. The number of carbonyl (C=O) groups is 2. The quantitative estimate of drug-likeness (QED) is 0.803. The van der Waals surface area contributed by atoms with E-state index < -0.39 is 0 Å². The fourth-order valence-electron chi connectivity index (χ4n) is 3.43. The highest BCUT2D eigenvalue weighted by atomic mass is 35.5. The average Bonchev–Trinajstić information content (AvgIpc) is 3.22. The van der Waals surface area contributed by atoms with Gasteiger partial charge in [0.15, 0.2) is 0 Å². The highest BCUT2D eigenvalue weighted by Gasteiger charge is 2.31. The van der Waals surface area contributed by atoms with Crippen molar-refractivity contribution in [3.8, 4) is 5.75 Å². The van der Waals surface area contributed by atoms with Gasteiger partial charge in [-0.3, -0.25) is 9.59 Å². The predicted octanol–water partition coefficient (Wildman–Crippen LogP) is 1.73. The van der Waals surface area contributed by atoms with Crippen molar-refractivity contribution in [3.05, 3.63) is 24.3 Å². The maximum atomic E-state index is 12.3. The molecule has 2 heterocycles. The van der Waals surface area contributed by atoms with Gasteiger partial charge in [0.05, 0.1) is 13.2 Å². The van der Waals surface area contributed by atoms with Crippen LogP contribution in [0, 0.1) is 5.92 Å². The Morgan fingerprint density at radius 2 is 2.28 bits per heavy atom. The van der Waals surface area contributed by atoms with Crippen molar-refractivity contribution in [3.63, 3.8) is 0 Å². The van der Waals surface area contributed by atoms with Crippen molar-refractivity contribution in [1.82, 2.24) is 10.6 Å². The van der Waals surface area contributed by atoms with Gasteiger partial charge in [0, 0.05) is 31.1 Å². The van der Waals surface area contributed by atoms with Crippen LogP contribution in [-0.4, -0.2) is 44.6 Å². The summed E-state index contributed by atoms with van der Waals surface area (Å²) in [7, 11) is 1.60. The van der Waals surface area contributed by atoms with Crippen LogP contribution in [0.3, 0.4) is 0 Å². The van der Waals surface area contributed by atoms with Crippen molar-refractivity contribution in [2.45, 2.75) is 31.7 Å². The van der Waals surface area contributed by atoms with Gasteiger partial charge in [-0.05, 0) is 44.0 Å². The molecule has 25 heavy (non-hydrogen) atoms. The number of hydrogen-bond donors (Lipinski definition) is 2. The summed E-state index contributed by atoms with van der Waals surface area (Å²) < 4.78 is 5.21. The van der Waals surface area contributed by atoms with Crippen LogP contribution in [0.15, 0.2) is 24.3 Å². The molecular formula is C18H26ClN3O3. The van der Waals surface area contributed by atoms with Gasteiger partial charge in [0.2, 0.25) is 11.8 Å². The molecule has 2 N–H and O–H groups in total. The van der Waals surface area contributed by atoms with Crippen molar-refractivity contribution < 1.29 is 14.3 Å². The number of methoxy groups -OCH3 is 1. The van der Waals surface area contributed by atoms with E-state index in [4.69, 9.17) is 4.74 Å². The molecule has 0 radical (unpaired) electrons. The molecule has 2 aliphatic rings. The number of benzene rings is 1. The molecule has 1 aromatic carbocycles. The van der Waals surface area contributed by atoms with Crippen molar-refractivity contribution in [1.29, 1.82) is 0 Å². The van der Waals surface area contributed by atoms with E-state index in [-0.39, 0.29) is 30.3 Å². The number of ether oxygens (including phenoxy) is 1. The number of anilines is 1. The largest absolute Gasteiger partial charge is 0.497 e. The standard InChI is InChI=1S/C18H25N3O3.ClH/c1-24-16-4-2-3-15(10-16)21-12-14(9-18(21)23)20-17(22)6-5-13-7-8-19-11-13;/h2-4,10,13-14,19H,5-9,11-12H2,1H3,(H,20,22);1H. The van der Waals surface area contributed by atoms with Crippen molar-refractivity contribution >= 4 is 29.9 Å². The molecule has 3 rings (SSSR count). The summed E-state index contributed by atoms with van der Waals surface area (Å²) in [5.74, 6) is 1.41. The van der Waals surface area contributed by atoms with Gasteiger partial charge in [-0.25, -0.2) is 0 Å². The molecule has 0 spiro atoms. The lowest BCUT2D eigenvalue weighted by Gasteiger charge is -2.18. The van der Waals surface area contributed by atoms with E-state index >= 15 is 0 Å². The monoisotopic (exact) mass is 367 g/mol. The van der Waals surface area contributed by atoms with Crippen molar-refractivity contribution in [2.75, 3.05) is 31.6 Å². The molecule has 2 unspecified atom stereocenters. The Morgan fingerprint density at radius 3 is 3.00 bits per heavy atom. The molecule has 2 aliphatic heterocycles. The highest BCUT2D eigenvalue weighted by molar-refractivity contribution is 5.97. The molecule has 0 aliphatic carbocycles. The Hall–Kier alpha value is -1.79. The first-order chi connectivity index (χ1) is 11.7. The number of nitrogens with one attached hydrogen (secondary N) is 2. The van der Waals surface area contributed by atoms with E-state index in [0.717, 1.165) is 37.4 Å². The summed E-state index contributed by atoms with van der Waals surface area (Å²) >= 11 is 0. The van der Waals surface area contributed by atoms with Crippen LogP contribution in [-0.2, 0) is 9.59 Å². The van der Waals surface area contributed by atoms with Gasteiger partial charge in [-0.1, -0.05) is 6.07 Å². The Morgan fingerprint density at radius 1 is 1.44 bits per heavy atom. The van der Waals surface area contributed by atoms with Gasteiger partial charge in [0.1, 0.15) is 5.75 Å². The molecule has 2 fully saturated rings. The minimum atomic E-state index is -0.113. The Balaban J connectivity index is 0.00000225. The lowest BCUT2D eigenvalue weighted by molar-refractivity contribution is -0.122. The van der Waals surface area contributed by atoms with E-state index in [1.807, 2.05) is 24.3 Å². The van der Waals surface area contributed by atoms with Crippen LogP contribution >= 0.6 is 12.4 Å². The maximum Gasteiger partial charge on any atom is 0.229 e. The fourth-order valence-corrected chi connectivity index (χ4v) is 3.43. The second-order valence-corrected chi connectivity index (χ2v) is 6.57. The minimum Gasteiger partial charge on any atom is -0.497 e. The molecular weight excluding hydrogens is 342 g/mol. The lowest BCUT2D eigenvalue weighted by Crippen LogP contribution is -2.37. The number of nitrogens with zero attached hydrogens (tertiary/aromatic N) is 1. The molecule has 0 bridgehead atoms. The lowest BCUT2D eigenvalue weighted by atomic mass is 10.0. The smallest absolute Gasteiger partial charge is 0.229 e. The first kappa shape index (κ1) is 19.5. The molecule has 0 aromatic heterocycles. The molecule has 2 atom stereocenters. The summed E-state index contributed by atoms with van der Waals surface area (Å²) in [6, 6.07) is 7.33. The summed E-state index contributed by atoms with van der Waals surface area (Å²) in [5, 5.41) is 6.32. The van der Waals surface area contributed by atoms with Crippen molar-refractivity contribution in [2.24, 2.45) is 5.92 Å². The second-order valence-electron chi connectivity index (χ2n) is 6.57. The van der Waals surface area contributed by atoms with Gasteiger partial charge >= 0.3 is 0 Å². The number of halogens is 1. The zero-order valence-electron chi connectivity index (χ0n) is 14.5. The van der Waals surface area contributed by atoms with Gasteiger partial charge in [-0.2, -0.15) is 0 Å². The first-order valence-corrected chi connectivity index (χ1v) is 8.60. The van der Waals surface area contributed by atoms with Crippen LogP contribution in [0.25, 0.3) is 0 Å². The van der Waals surface area contributed by atoms with E-state index in [2.05, 4.69) is 10.6 Å². The van der Waals surface area contributed by atoms with Crippen LogP contribution < -0.4 is 20.3 Å². The zero-order chi connectivity index (χ0) is 16.9. The average molecular weight is 368 g/mol. The normalized spacial score (nSPS) is 22.6. The molecule has 138 valence electrons. The third-order valence-corrected chi connectivity index (χ3v) is 4.80. The predicted molar refractivity (Wildman–Crippen MR) is 99.4 cm³/mol. The van der Waals surface area contributed by atoms with Crippen LogP contribution in [0.5, 0.6) is 5.75 Å².